The van der Waals surface area contributed by atoms with Crippen molar-refractivity contribution in [3.8, 4) is 17.2 Å². The minimum absolute atomic E-state index is 0.414. The zero-order chi connectivity index (χ0) is 21.5. The number of aromatic nitrogens is 1. The normalized spacial score (nSPS) is 8.75. The maximum atomic E-state index is 11.4. The molecule has 1 heterocycles. The van der Waals surface area contributed by atoms with E-state index in [1.54, 1.807) is 13.1 Å². The van der Waals surface area contributed by atoms with Gasteiger partial charge in [0.25, 0.3) is 5.91 Å². The van der Waals surface area contributed by atoms with Crippen molar-refractivity contribution in [1.82, 2.24) is 10.3 Å². The zero-order valence-electron chi connectivity index (χ0n) is 16.0. The van der Waals surface area contributed by atoms with Crippen molar-refractivity contribution in [1.29, 1.82) is 5.26 Å². The third-order valence-electron chi connectivity index (χ3n) is 3.57. The molecule has 0 spiro atoms. The highest BCUT2D eigenvalue weighted by Gasteiger charge is 2.11. The highest BCUT2D eigenvalue weighted by molar-refractivity contribution is 6.09. The summed E-state index contributed by atoms with van der Waals surface area (Å²) in [4.78, 5) is 30.5. The van der Waals surface area contributed by atoms with Crippen LogP contribution in [0.2, 0.25) is 0 Å². The van der Waals surface area contributed by atoms with Crippen LogP contribution in [-0.2, 0) is 9.59 Å². The monoisotopic (exact) mass is 380 g/mol. The average Bonchev–Trinajstić information content (AvgIpc) is 3.21. The number of carbonyl (C=O) groups is 3. The summed E-state index contributed by atoms with van der Waals surface area (Å²) in [7, 11) is 1.74. The second-order valence-electron chi connectivity index (χ2n) is 5.35. The number of nitriles is 1. The number of benzene rings is 2. The zero-order valence-corrected chi connectivity index (χ0v) is 16.0. The largest absolute Gasteiger partial charge is 0.366 e. The molecule has 0 unspecified atom stereocenters. The van der Waals surface area contributed by atoms with Crippen molar-refractivity contribution in [2.24, 2.45) is 5.73 Å². The van der Waals surface area contributed by atoms with Gasteiger partial charge in [0, 0.05) is 11.6 Å². The third kappa shape index (κ3) is 6.52. The molecule has 0 saturated carbocycles. The van der Waals surface area contributed by atoms with Crippen molar-refractivity contribution in [2.45, 2.75) is 6.92 Å². The van der Waals surface area contributed by atoms with Gasteiger partial charge in [-0.05, 0) is 37.2 Å². The molecule has 0 radical (unpaired) electrons. The predicted molar refractivity (Wildman–Crippen MR) is 111 cm³/mol. The Morgan fingerprint density at radius 3 is 2.36 bits per heavy atom. The summed E-state index contributed by atoms with van der Waals surface area (Å²) in [6.07, 6.45) is 1.83. The van der Waals surface area contributed by atoms with Gasteiger partial charge in [-0.3, -0.25) is 4.79 Å². The van der Waals surface area contributed by atoms with E-state index in [2.05, 4.69) is 35.4 Å². The summed E-state index contributed by atoms with van der Waals surface area (Å²) in [6.45, 7) is 6.51. The topological polar surface area (TPSA) is 129 Å². The van der Waals surface area contributed by atoms with Gasteiger partial charge in [0.2, 0.25) is 0 Å². The van der Waals surface area contributed by atoms with E-state index in [4.69, 9.17) is 20.6 Å². The minimum atomic E-state index is -0.414. The number of nitrogens with zero attached hydrogens (tertiary/aromatic N) is 1. The lowest BCUT2D eigenvalue weighted by Crippen LogP contribution is -2.11. The molecule has 3 aromatic rings. The minimum Gasteiger partial charge on any atom is -0.366 e. The van der Waals surface area contributed by atoms with Crippen molar-refractivity contribution < 1.29 is 14.4 Å². The molecule has 1 amide bonds. The summed E-state index contributed by atoms with van der Waals surface area (Å²) in [5.41, 5.74) is 10.2. The smallest absolute Gasteiger partial charge is 0.250 e. The number of nitrogens with two attached hydrogens (primary N) is 1. The number of H-pyrrole nitrogens is 1. The summed E-state index contributed by atoms with van der Waals surface area (Å²) in [6, 6.07) is 15.9. The Hall–Kier alpha value is -3.76. The van der Waals surface area contributed by atoms with Crippen LogP contribution >= 0.6 is 0 Å². The SMILES string of the molecule is C=O.C=O.CNCC#N.Cc1cccc(-c2ccc(C(N)=O)c3[nH]ccc23)c1. The maximum absolute atomic E-state index is 11.4. The third-order valence-corrected chi connectivity index (χ3v) is 3.57. The fraction of sp³-hybridized carbons (Fsp3) is 0.143. The van der Waals surface area contributed by atoms with E-state index in [0.29, 0.717) is 12.1 Å². The number of amides is 1. The van der Waals surface area contributed by atoms with Crippen molar-refractivity contribution in [2.75, 3.05) is 13.6 Å². The number of primary amides is 1. The summed E-state index contributed by atoms with van der Waals surface area (Å²) in [5, 5.41) is 11.4. The maximum Gasteiger partial charge on any atom is 0.250 e. The lowest BCUT2D eigenvalue weighted by molar-refractivity contribution is -0.0987. The van der Waals surface area contributed by atoms with Crippen molar-refractivity contribution in [3.63, 3.8) is 0 Å². The van der Waals surface area contributed by atoms with Gasteiger partial charge in [0.15, 0.2) is 0 Å². The lowest BCUT2D eigenvalue weighted by Gasteiger charge is -2.07. The molecule has 2 aromatic carbocycles. The van der Waals surface area contributed by atoms with E-state index in [1.807, 2.05) is 44.0 Å². The van der Waals surface area contributed by atoms with Crippen molar-refractivity contribution in [3.05, 3.63) is 59.8 Å². The van der Waals surface area contributed by atoms with Gasteiger partial charge in [-0.25, -0.2) is 0 Å². The van der Waals surface area contributed by atoms with E-state index in [-0.39, 0.29) is 0 Å². The van der Waals surface area contributed by atoms with E-state index in [0.717, 1.165) is 22.0 Å². The van der Waals surface area contributed by atoms with Crippen LogP contribution in [0.25, 0.3) is 22.0 Å². The van der Waals surface area contributed by atoms with Crippen LogP contribution in [0.5, 0.6) is 0 Å². The van der Waals surface area contributed by atoms with Gasteiger partial charge < -0.3 is 25.6 Å². The van der Waals surface area contributed by atoms with E-state index >= 15 is 0 Å². The highest BCUT2D eigenvalue weighted by atomic mass is 16.1. The quantitative estimate of drug-likeness (QED) is 0.602. The number of aryl methyl sites for hydroxylation is 1. The first-order valence-electron chi connectivity index (χ1n) is 8.14. The van der Waals surface area contributed by atoms with E-state index in [1.165, 1.54) is 5.56 Å². The predicted octanol–water partition coefficient (Wildman–Crippen LogP) is 2.60. The number of aromatic amines is 1. The van der Waals surface area contributed by atoms with E-state index < -0.39 is 5.91 Å². The van der Waals surface area contributed by atoms with Crippen LogP contribution in [0.1, 0.15) is 15.9 Å². The summed E-state index contributed by atoms with van der Waals surface area (Å²) >= 11 is 0. The van der Waals surface area contributed by atoms with Crippen LogP contribution in [0.4, 0.5) is 0 Å². The van der Waals surface area contributed by atoms with Gasteiger partial charge in [0.05, 0.1) is 23.7 Å². The van der Waals surface area contributed by atoms with Crippen LogP contribution < -0.4 is 11.1 Å². The Morgan fingerprint density at radius 1 is 1.18 bits per heavy atom. The molecule has 0 aliphatic rings. The highest BCUT2D eigenvalue weighted by Crippen LogP contribution is 2.30. The molecule has 0 bridgehead atoms. The Kier molecular flexibility index (Phi) is 11.6. The molecule has 0 aliphatic heterocycles. The van der Waals surface area contributed by atoms with Crippen LogP contribution in [0.3, 0.4) is 0 Å². The molecule has 7 heteroatoms. The lowest BCUT2D eigenvalue weighted by atomic mass is 9.98. The average molecular weight is 380 g/mol. The standard InChI is InChI=1S/C16H14N2O.C3H6N2.2CH2O/c1-10-3-2-4-11(9-10)12-5-6-14(16(17)19)15-13(12)7-8-18-15;1-5-3-2-4;2*1-2/h2-9,18H,1H3,(H2,17,19);5H,3H2,1H3;2*1H2. The Balaban J connectivity index is 0.000000698. The second kappa shape index (κ2) is 13.4. The first-order chi connectivity index (χ1) is 13.6. The first-order valence-corrected chi connectivity index (χ1v) is 8.14. The van der Waals surface area contributed by atoms with Gasteiger partial charge in [-0.1, -0.05) is 35.9 Å². The molecule has 146 valence electrons. The van der Waals surface area contributed by atoms with Gasteiger partial charge in [0.1, 0.15) is 13.6 Å². The number of hydrogen-bond acceptors (Lipinski definition) is 5. The number of carbonyl (C=O) groups excluding carboxylic acids is 3. The molecule has 0 fully saturated rings. The van der Waals surface area contributed by atoms with Gasteiger partial charge >= 0.3 is 0 Å². The van der Waals surface area contributed by atoms with Gasteiger partial charge in [-0.2, -0.15) is 5.26 Å². The molecule has 3 rings (SSSR count). The number of hydrogen-bond donors (Lipinski definition) is 3. The summed E-state index contributed by atoms with van der Waals surface area (Å²) in [5.74, 6) is -0.414. The fourth-order valence-electron chi connectivity index (χ4n) is 2.51. The summed E-state index contributed by atoms with van der Waals surface area (Å²) < 4.78 is 0. The van der Waals surface area contributed by atoms with Gasteiger partial charge in [-0.15, -0.1) is 0 Å². The number of nitrogens with one attached hydrogen (secondary N) is 2. The molecule has 0 aliphatic carbocycles. The molecule has 28 heavy (non-hydrogen) atoms. The Labute approximate surface area is 164 Å². The molecular formula is C21H24N4O3. The van der Waals surface area contributed by atoms with Crippen LogP contribution in [-0.4, -0.2) is 38.1 Å². The molecule has 0 atom stereocenters. The molecule has 0 saturated heterocycles. The Morgan fingerprint density at radius 2 is 1.86 bits per heavy atom. The molecular weight excluding hydrogens is 356 g/mol. The van der Waals surface area contributed by atoms with Crippen molar-refractivity contribution >= 4 is 30.4 Å². The number of fused-ring (bicyclic) bond motifs is 1. The molecule has 4 N–H and O–H groups in total. The first kappa shape index (κ1) is 24.2. The van der Waals surface area contributed by atoms with Crippen LogP contribution in [0.15, 0.2) is 48.7 Å². The second-order valence-corrected chi connectivity index (χ2v) is 5.35. The molecule has 7 nitrogen and oxygen atoms in total. The number of rotatable bonds is 3. The molecule has 1 aromatic heterocycles. The Bertz CT molecular complexity index is 927. The van der Waals surface area contributed by atoms with Crippen LogP contribution in [0, 0.1) is 18.3 Å². The van der Waals surface area contributed by atoms with E-state index in [9.17, 15) is 4.79 Å². The fourth-order valence-corrected chi connectivity index (χ4v) is 2.51.